The zero-order valence-corrected chi connectivity index (χ0v) is 10.3. The molecular formula is C11H15BrN2O. The Morgan fingerprint density at radius 3 is 2.87 bits per heavy atom. The van der Waals surface area contributed by atoms with Gasteiger partial charge in [0.15, 0.2) is 0 Å². The standard InChI is InChI=1S/C11H15BrN2O/c1-8-4-5-9(7-10(8)12)14-11(15)3-2-6-13/h4-5,7H,2-3,6,13H2,1H3,(H,14,15). The summed E-state index contributed by atoms with van der Waals surface area (Å²) in [6, 6.07) is 5.75. The normalized spacial score (nSPS) is 10.1. The summed E-state index contributed by atoms with van der Waals surface area (Å²) in [5.74, 6) is 0.0104. The number of carbonyl (C=O) groups is 1. The van der Waals surface area contributed by atoms with Crippen molar-refractivity contribution in [1.82, 2.24) is 0 Å². The zero-order valence-electron chi connectivity index (χ0n) is 8.72. The fourth-order valence-electron chi connectivity index (χ4n) is 1.16. The van der Waals surface area contributed by atoms with Gasteiger partial charge in [0.2, 0.25) is 5.91 Å². The number of nitrogens with one attached hydrogen (secondary N) is 1. The number of anilines is 1. The summed E-state index contributed by atoms with van der Waals surface area (Å²) < 4.78 is 0.999. The van der Waals surface area contributed by atoms with Crippen LogP contribution in [0.15, 0.2) is 22.7 Å². The molecule has 0 saturated carbocycles. The molecular weight excluding hydrogens is 256 g/mol. The summed E-state index contributed by atoms with van der Waals surface area (Å²) in [5.41, 5.74) is 7.29. The van der Waals surface area contributed by atoms with Gasteiger partial charge in [0.1, 0.15) is 0 Å². The molecule has 3 nitrogen and oxygen atoms in total. The van der Waals surface area contributed by atoms with E-state index in [1.54, 1.807) is 0 Å². The second kappa shape index (κ2) is 5.88. The molecule has 0 aliphatic heterocycles. The number of aryl methyl sites for hydroxylation is 1. The molecule has 82 valence electrons. The molecule has 0 radical (unpaired) electrons. The second-order valence-electron chi connectivity index (χ2n) is 3.40. The number of rotatable bonds is 4. The third-order valence-corrected chi connectivity index (χ3v) is 2.92. The lowest BCUT2D eigenvalue weighted by atomic mass is 10.2. The van der Waals surface area contributed by atoms with Crippen LogP contribution in [0.4, 0.5) is 5.69 Å². The molecule has 15 heavy (non-hydrogen) atoms. The van der Waals surface area contributed by atoms with Crippen molar-refractivity contribution >= 4 is 27.5 Å². The van der Waals surface area contributed by atoms with Gasteiger partial charge in [-0.1, -0.05) is 22.0 Å². The maximum atomic E-state index is 11.4. The minimum Gasteiger partial charge on any atom is -0.330 e. The van der Waals surface area contributed by atoms with Gasteiger partial charge in [0.25, 0.3) is 0 Å². The van der Waals surface area contributed by atoms with E-state index in [0.29, 0.717) is 13.0 Å². The van der Waals surface area contributed by atoms with Gasteiger partial charge < -0.3 is 11.1 Å². The Morgan fingerprint density at radius 2 is 2.27 bits per heavy atom. The molecule has 1 rings (SSSR count). The van der Waals surface area contributed by atoms with Crippen LogP contribution in [0.1, 0.15) is 18.4 Å². The van der Waals surface area contributed by atoms with Gasteiger partial charge in [-0.2, -0.15) is 0 Å². The molecule has 0 fully saturated rings. The Morgan fingerprint density at radius 1 is 1.53 bits per heavy atom. The first kappa shape index (κ1) is 12.2. The van der Waals surface area contributed by atoms with Crippen molar-refractivity contribution in [2.24, 2.45) is 5.73 Å². The average molecular weight is 271 g/mol. The van der Waals surface area contributed by atoms with Crippen LogP contribution < -0.4 is 11.1 Å². The van der Waals surface area contributed by atoms with Crippen LogP contribution in [-0.2, 0) is 4.79 Å². The van der Waals surface area contributed by atoms with E-state index >= 15 is 0 Å². The second-order valence-corrected chi connectivity index (χ2v) is 4.26. The van der Waals surface area contributed by atoms with Crippen molar-refractivity contribution < 1.29 is 4.79 Å². The molecule has 0 aromatic heterocycles. The van der Waals surface area contributed by atoms with Crippen molar-refractivity contribution in [1.29, 1.82) is 0 Å². The molecule has 0 aliphatic carbocycles. The molecule has 1 aromatic rings. The van der Waals surface area contributed by atoms with Crippen molar-refractivity contribution in [2.45, 2.75) is 19.8 Å². The fourth-order valence-corrected chi connectivity index (χ4v) is 1.54. The number of hydrogen-bond donors (Lipinski definition) is 2. The molecule has 1 aromatic carbocycles. The number of carbonyl (C=O) groups excluding carboxylic acids is 1. The quantitative estimate of drug-likeness (QED) is 0.883. The molecule has 0 heterocycles. The summed E-state index contributed by atoms with van der Waals surface area (Å²) >= 11 is 3.42. The van der Waals surface area contributed by atoms with Crippen LogP contribution in [0.2, 0.25) is 0 Å². The molecule has 0 aliphatic rings. The van der Waals surface area contributed by atoms with Crippen LogP contribution in [-0.4, -0.2) is 12.5 Å². The zero-order chi connectivity index (χ0) is 11.3. The van der Waals surface area contributed by atoms with E-state index in [4.69, 9.17) is 5.73 Å². The largest absolute Gasteiger partial charge is 0.330 e. The topological polar surface area (TPSA) is 55.1 Å². The number of amides is 1. The molecule has 3 N–H and O–H groups in total. The first-order valence-corrected chi connectivity index (χ1v) is 5.69. The van der Waals surface area contributed by atoms with Gasteiger partial charge in [0, 0.05) is 16.6 Å². The van der Waals surface area contributed by atoms with E-state index in [1.165, 1.54) is 0 Å². The summed E-state index contributed by atoms with van der Waals surface area (Å²) in [4.78, 5) is 11.4. The number of nitrogens with two attached hydrogens (primary N) is 1. The lowest BCUT2D eigenvalue weighted by Crippen LogP contribution is -2.13. The number of halogens is 1. The Balaban J connectivity index is 2.57. The maximum Gasteiger partial charge on any atom is 0.224 e. The molecule has 1 amide bonds. The summed E-state index contributed by atoms with van der Waals surface area (Å²) in [6.07, 6.45) is 1.20. The SMILES string of the molecule is Cc1ccc(NC(=O)CCCN)cc1Br. The summed E-state index contributed by atoms with van der Waals surface area (Å²) in [7, 11) is 0. The monoisotopic (exact) mass is 270 g/mol. The average Bonchev–Trinajstić information content (AvgIpc) is 2.20. The van der Waals surface area contributed by atoms with E-state index < -0.39 is 0 Å². The van der Waals surface area contributed by atoms with E-state index in [-0.39, 0.29) is 5.91 Å². The van der Waals surface area contributed by atoms with Crippen molar-refractivity contribution in [2.75, 3.05) is 11.9 Å². The van der Waals surface area contributed by atoms with Gasteiger partial charge in [-0.15, -0.1) is 0 Å². The number of hydrogen-bond acceptors (Lipinski definition) is 2. The van der Waals surface area contributed by atoms with Crippen LogP contribution >= 0.6 is 15.9 Å². The van der Waals surface area contributed by atoms with Crippen molar-refractivity contribution in [3.8, 4) is 0 Å². The predicted molar refractivity (Wildman–Crippen MR) is 65.8 cm³/mol. The van der Waals surface area contributed by atoms with Gasteiger partial charge in [-0.05, 0) is 37.6 Å². The predicted octanol–water partition coefficient (Wildman–Crippen LogP) is 2.43. The molecule has 0 spiro atoms. The maximum absolute atomic E-state index is 11.4. The van der Waals surface area contributed by atoms with Gasteiger partial charge in [0.05, 0.1) is 0 Å². The molecule has 0 atom stereocenters. The highest BCUT2D eigenvalue weighted by atomic mass is 79.9. The highest BCUT2D eigenvalue weighted by Crippen LogP contribution is 2.20. The van der Waals surface area contributed by atoms with E-state index in [1.807, 2.05) is 25.1 Å². The van der Waals surface area contributed by atoms with E-state index in [0.717, 1.165) is 22.1 Å². The highest BCUT2D eigenvalue weighted by molar-refractivity contribution is 9.10. The fraction of sp³-hybridized carbons (Fsp3) is 0.364. The first-order chi connectivity index (χ1) is 7.13. The minimum absolute atomic E-state index is 0.0104. The van der Waals surface area contributed by atoms with E-state index in [2.05, 4.69) is 21.2 Å². The number of benzene rings is 1. The minimum atomic E-state index is 0.0104. The third-order valence-electron chi connectivity index (χ3n) is 2.06. The third kappa shape index (κ3) is 4.01. The lowest BCUT2D eigenvalue weighted by molar-refractivity contribution is -0.116. The Labute approximate surface area is 98.2 Å². The summed E-state index contributed by atoms with van der Waals surface area (Å²) in [5, 5.41) is 2.82. The highest BCUT2D eigenvalue weighted by Gasteiger charge is 2.02. The van der Waals surface area contributed by atoms with Crippen LogP contribution in [0.25, 0.3) is 0 Å². The van der Waals surface area contributed by atoms with Gasteiger partial charge in [-0.25, -0.2) is 0 Å². The Bertz CT molecular complexity index is 352. The van der Waals surface area contributed by atoms with Crippen LogP contribution in [0.3, 0.4) is 0 Å². The Kier molecular flexibility index (Phi) is 4.78. The Hall–Kier alpha value is -0.870. The lowest BCUT2D eigenvalue weighted by Gasteiger charge is -2.06. The van der Waals surface area contributed by atoms with Gasteiger partial charge >= 0.3 is 0 Å². The van der Waals surface area contributed by atoms with E-state index in [9.17, 15) is 4.79 Å². The van der Waals surface area contributed by atoms with Crippen molar-refractivity contribution in [3.05, 3.63) is 28.2 Å². The van der Waals surface area contributed by atoms with Crippen molar-refractivity contribution in [3.63, 3.8) is 0 Å². The van der Waals surface area contributed by atoms with Gasteiger partial charge in [-0.3, -0.25) is 4.79 Å². The molecule has 0 saturated heterocycles. The molecule has 0 bridgehead atoms. The van der Waals surface area contributed by atoms with Crippen LogP contribution in [0, 0.1) is 6.92 Å². The molecule has 0 unspecified atom stereocenters. The molecule has 4 heteroatoms. The van der Waals surface area contributed by atoms with Crippen LogP contribution in [0.5, 0.6) is 0 Å². The first-order valence-electron chi connectivity index (χ1n) is 4.89. The smallest absolute Gasteiger partial charge is 0.224 e. The summed E-state index contributed by atoms with van der Waals surface area (Å²) in [6.45, 7) is 2.55.